The summed E-state index contributed by atoms with van der Waals surface area (Å²) in [4.78, 5) is 76.1. The largest absolute Gasteiger partial charge is 0.460 e. The van der Waals surface area contributed by atoms with Crippen LogP contribution in [0.5, 0.6) is 5.75 Å². The summed E-state index contributed by atoms with van der Waals surface area (Å²) in [5, 5.41) is 6.17. The molecule has 2 saturated heterocycles. The number of imidazole rings is 2. The molecule has 352 valence electrons. The molecule has 5 atom stereocenters. The van der Waals surface area contributed by atoms with E-state index in [-0.39, 0.29) is 47.0 Å². The van der Waals surface area contributed by atoms with E-state index in [2.05, 4.69) is 30.6 Å². The minimum absolute atomic E-state index is 0.161. The van der Waals surface area contributed by atoms with E-state index >= 15 is 4.39 Å². The number of aromatic nitrogens is 6. The van der Waals surface area contributed by atoms with E-state index in [4.69, 9.17) is 23.6 Å². The zero-order valence-electron chi connectivity index (χ0n) is 38.5. The minimum Gasteiger partial charge on any atom is -0.460 e. The Balaban J connectivity index is 1.03. The molecule has 0 bridgehead atoms. The number of H-pyrrole nitrogens is 2. The monoisotopic (exact) mass is 918 g/mol. The first-order valence-electron chi connectivity index (χ1n) is 22.8. The molecule has 4 aromatic heterocycles. The summed E-state index contributed by atoms with van der Waals surface area (Å²) in [6, 6.07) is 8.81. The zero-order valence-corrected chi connectivity index (χ0v) is 38.5. The van der Waals surface area contributed by atoms with Crippen LogP contribution in [0.3, 0.4) is 0 Å². The van der Waals surface area contributed by atoms with E-state index in [9.17, 15) is 19.2 Å². The van der Waals surface area contributed by atoms with Crippen molar-refractivity contribution in [1.29, 1.82) is 0 Å². The summed E-state index contributed by atoms with van der Waals surface area (Å²) in [5.41, 5.74) is 4.17. The van der Waals surface area contributed by atoms with E-state index in [0.717, 1.165) is 35.0 Å². The standard InChI is InChI=1S/C48H55FN10O8/c1-8-29-21-52-43(66-29)46-59-33-14-13-26(31-22-50-41(53-31)34-11-9-15-57(34)44(60)39(24(2)3)55-47(62)64-6)17-28(33)19-36(59)38-30(49)18-27(20-37(38)67-46)32-23-51-42(54-32)35-12-10-16-58(35)45(61)40(25(4)5)56-48(63)65-7/h13-14,17-25,34-35,39-40,46H,8-12,15-16H2,1-7H3,(H,50,53)(H,51,54)(H,55,62)(H,56,63)/t34-,35-,39?,40?,46?/m0/s1. The Labute approximate surface area is 386 Å². The Hall–Kier alpha value is -7.18. The van der Waals surface area contributed by atoms with Gasteiger partial charge in [0.2, 0.25) is 11.8 Å². The van der Waals surface area contributed by atoms with Crippen molar-refractivity contribution < 1.29 is 42.2 Å². The maximum atomic E-state index is 16.8. The molecule has 67 heavy (non-hydrogen) atoms. The van der Waals surface area contributed by atoms with Gasteiger partial charge >= 0.3 is 12.2 Å². The van der Waals surface area contributed by atoms with Crippen LogP contribution in [0.1, 0.15) is 102 Å². The van der Waals surface area contributed by atoms with E-state index in [1.54, 1.807) is 34.5 Å². The molecule has 19 heteroatoms. The maximum absolute atomic E-state index is 16.8. The van der Waals surface area contributed by atoms with Crippen LogP contribution in [0, 0.1) is 17.7 Å². The SMILES string of the molecule is CCc1cnc(C2Oc3cc(-c4cnc([C@@H]5CCCN5C(=O)C(NC(=O)OC)C(C)C)[nH]4)cc(F)c3-c3cc4cc(-c5cnc([C@@H]6CCCN6C(=O)C(NC(=O)OC)C(C)C)[nH]5)ccc4n32)o1. The highest BCUT2D eigenvalue weighted by molar-refractivity contribution is 5.93. The molecule has 4 amide bonds. The Bertz CT molecular complexity index is 2840. The van der Waals surface area contributed by atoms with Gasteiger partial charge in [0.25, 0.3) is 12.1 Å². The number of methoxy groups -OCH3 is 2. The van der Waals surface area contributed by atoms with Crippen LogP contribution in [0.2, 0.25) is 0 Å². The lowest BCUT2D eigenvalue weighted by atomic mass is 10.0. The van der Waals surface area contributed by atoms with Gasteiger partial charge in [-0.25, -0.2) is 28.9 Å². The Morgan fingerprint density at radius 2 is 1.37 bits per heavy atom. The number of nitrogens with one attached hydrogen (secondary N) is 4. The zero-order chi connectivity index (χ0) is 47.3. The first-order chi connectivity index (χ1) is 32.3. The normalized spacial score (nSPS) is 18.7. The number of carbonyl (C=O) groups excluding carboxylic acids is 4. The van der Waals surface area contributed by atoms with Crippen molar-refractivity contribution in [3.05, 3.63) is 84.1 Å². The number of aryl methyl sites for hydroxylation is 1. The second-order valence-electron chi connectivity index (χ2n) is 18.0. The first-order valence-corrected chi connectivity index (χ1v) is 22.8. The maximum Gasteiger partial charge on any atom is 0.407 e. The lowest BCUT2D eigenvalue weighted by Crippen LogP contribution is -2.51. The fourth-order valence-corrected chi connectivity index (χ4v) is 9.55. The number of likely N-dealkylation sites (tertiary alicyclic amines) is 2. The Kier molecular flexibility index (Phi) is 12.3. The number of hydrogen-bond acceptors (Lipinski definition) is 11. The number of oxazole rings is 1. The van der Waals surface area contributed by atoms with Crippen LogP contribution in [0.4, 0.5) is 14.0 Å². The highest BCUT2D eigenvalue weighted by Gasteiger charge is 2.40. The van der Waals surface area contributed by atoms with Gasteiger partial charge in [-0.05, 0) is 67.9 Å². The number of fused-ring (bicyclic) bond motifs is 5. The highest BCUT2D eigenvalue weighted by Crippen LogP contribution is 2.47. The molecule has 0 radical (unpaired) electrons. The second-order valence-corrected chi connectivity index (χ2v) is 18.0. The number of nitrogens with zero attached hydrogens (tertiary/aromatic N) is 6. The first kappa shape index (κ1) is 45.0. The molecule has 6 aromatic rings. The number of aromatic amines is 2. The summed E-state index contributed by atoms with van der Waals surface area (Å²) in [6.07, 6.45) is 6.33. The molecule has 4 N–H and O–H groups in total. The number of rotatable bonds is 12. The van der Waals surface area contributed by atoms with E-state index in [0.29, 0.717) is 72.6 Å². The number of amides is 4. The van der Waals surface area contributed by atoms with Gasteiger partial charge in [0.1, 0.15) is 41.1 Å². The van der Waals surface area contributed by atoms with Gasteiger partial charge in [0.15, 0.2) is 0 Å². The number of carbonyl (C=O) groups is 4. The van der Waals surface area contributed by atoms with Crippen molar-refractivity contribution in [2.75, 3.05) is 27.3 Å². The summed E-state index contributed by atoms with van der Waals surface area (Å²) < 4.78 is 41.1. The molecule has 2 aromatic carbocycles. The van der Waals surface area contributed by atoms with Gasteiger partial charge in [-0.1, -0.05) is 40.7 Å². The molecule has 3 aliphatic rings. The third-order valence-electron chi connectivity index (χ3n) is 13.1. The summed E-state index contributed by atoms with van der Waals surface area (Å²) >= 11 is 0. The topological polar surface area (TPSA) is 215 Å². The van der Waals surface area contributed by atoms with Crippen LogP contribution in [0.15, 0.2) is 59.4 Å². The van der Waals surface area contributed by atoms with Gasteiger partial charge in [-0.3, -0.25) is 14.2 Å². The van der Waals surface area contributed by atoms with Gasteiger partial charge in [-0.2, -0.15) is 0 Å². The second kappa shape index (κ2) is 18.2. The molecule has 0 saturated carbocycles. The van der Waals surface area contributed by atoms with Gasteiger partial charge in [0.05, 0.1) is 73.1 Å². The smallest absolute Gasteiger partial charge is 0.407 e. The lowest BCUT2D eigenvalue weighted by molar-refractivity contribution is -0.136. The fraction of sp³-hybridized carbons (Fsp3) is 0.438. The molecule has 7 heterocycles. The number of alkyl carbamates (subject to hydrolysis) is 2. The van der Waals surface area contributed by atoms with E-state index < -0.39 is 36.3 Å². The molecule has 9 rings (SSSR count). The van der Waals surface area contributed by atoms with Crippen molar-refractivity contribution in [2.45, 2.75) is 97.1 Å². The molecule has 2 fully saturated rings. The Morgan fingerprint density at radius 3 is 1.91 bits per heavy atom. The van der Waals surface area contributed by atoms with Gasteiger partial charge in [0, 0.05) is 36.0 Å². The fourth-order valence-electron chi connectivity index (χ4n) is 9.55. The molecular formula is C48H55FN10O8. The van der Waals surface area contributed by atoms with Gasteiger partial charge in [-0.15, -0.1) is 0 Å². The Morgan fingerprint density at radius 1 is 0.791 bits per heavy atom. The van der Waals surface area contributed by atoms with Crippen molar-refractivity contribution in [3.63, 3.8) is 0 Å². The van der Waals surface area contributed by atoms with E-state index in [1.807, 2.05) is 63.5 Å². The third-order valence-corrected chi connectivity index (χ3v) is 13.1. The van der Waals surface area contributed by atoms with Crippen LogP contribution in [-0.2, 0) is 25.5 Å². The number of hydrogen-bond donors (Lipinski definition) is 4. The molecule has 0 aliphatic carbocycles. The average molecular weight is 919 g/mol. The lowest BCUT2D eigenvalue weighted by Gasteiger charge is -2.30. The van der Waals surface area contributed by atoms with Crippen LogP contribution in [-0.4, -0.2) is 103 Å². The van der Waals surface area contributed by atoms with E-state index in [1.165, 1.54) is 20.3 Å². The predicted molar refractivity (Wildman–Crippen MR) is 243 cm³/mol. The van der Waals surface area contributed by atoms with Crippen molar-refractivity contribution in [3.8, 4) is 39.5 Å². The summed E-state index contributed by atoms with van der Waals surface area (Å²) in [6.45, 7) is 10.5. The predicted octanol–water partition coefficient (Wildman–Crippen LogP) is 7.81. The minimum atomic E-state index is -0.878. The molecule has 3 unspecified atom stereocenters. The van der Waals surface area contributed by atoms with Crippen molar-refractivity contribution >= 4 is 34.9 Å². The van der Waals surface area contributed by atoms with Crippen LogP contribution < -0.4 is 15.4 Å². The molecule has 18 nitrogen and oxygen atoms in total. The van der Waals surface area contributed by atoms with Crippen LogP contribution in [0.25, 0.3) is 44.7 Å². The van der Waals surface area contributed by atoms with Crippen molar-refractivity contribution in [2.24, 2.45) is 11.8 Å². The number of halogens is 1. The van der Waals surface area contributed by atoms with Crippen molar-refractivity contribution in [1.82, 2.24) is 49.9 Å². The molecule has 0 spiro atoms. The quantitative estimate of drug-likeness (QED) is 0.0929. The molecular weight excluding hydrogens is 864 g/mol. The number of ether oxygens (including phenoxy) is 3. The highest BCUT2D eigenvalue weighted by atomic mass is 19.1. The third kappa shape index (κ3) is 8.35. The summed E-state index contributed by atoms with van der Waals surface area (Å²) in [5.74, 6) is 1.16. The summed E-state index contributed by atoms with van der Waals surface area (Å²) in [7, 11) is 2.53. The number of benzene rings is 2. The van der Waals surface area contributed by atoms with Gasteiger partial charge < -0.3 is 49.0 Å². The molecule has 3 aliphatic heterocycles. The van der Waals surface area contributed by atoms with Crippen LogP contribution >= 0.6 is 0 Å². The average Bonchev–Trinajstić information content (AvgIpc) is 4.18.